The number of benzene rings is 1. The standard InChI is InChI=1S/C16H21BrN2O/c1-10-7-16(9-19(10)12-3-4-12)8-14(18)13-5-2-11(17)6-15(13)20-16/h2,5-6,10,12,14H,3-4,7-9,18H2,1H3. The number of nitrogens with zero attached hydrogens (tertiary/aromatic N) is 1. The smallest absolute Gasteiger partial charge is 0.126 e. The molecule has 20 heavy (non-hydrogen) atoms. The summed E-state index contributed by atoms with van der Waals surface area (Å²) in [4.78, 5) is 2.63. The van der Waals surface area contributed by atoms with Crippen LogP contribution in [0.15, 0.2) is 22.7 Å². The van der Waals surface area contributed by atoms with Crippen LogP contribution in [-0.2, 0) is 0 Å². The van der Waals surface area contributed by atoms with Crippen molar-refractivity contribution in [2.24, 2.45) is 5.73 Å². The summed E-state index contributed by atoms with van der Waals surface area (Å²) in [6.07, 6.45) is 4.75. The van der Waals surface area contributed by atoms with Gasteiger partial charge in [0.1, 0.15) is 11.4 Å². The van der Waals surface area contributed by atoms with E-state index in [2.05, 4.69) is 39.9 Å². The van der Waals surface area contributed by atoms with E-state index < -0.39 is 0 Å². The third kappa shape index (κ3) is 2.09. The van der Waals surface area contributed by atoms with Crippen LogP contribution in [-0.4, -0.2) is 29.1 Å². The average molecular weight is 337 g/mol. The second-order valence-corrected chi connectivity index (χ2v) is 7.65. The van der Waals surface area contributed by atoms with Gasteiger partial charge >= 0.3 is 0 Å². The second kappa shape index (κ2) is 4.46. The molecule has 0 bridgehead atoms. The average Bonchev–Trinajstić information content (AvgIpc) is 3.15. The highest BCUT2D eigenvalue weighted by atomic mass is 79.9. The zero-order valence-corrected chi connectivity index (χ0v) is 13.4. The molecule has 2 aliphatic heterocycles. The summed E-state index contributed by atoms with van der Waals surface area (Å²) in [5.74, 6) is 0.975. The number of ether oxygens (including phenoxy) is 1. The predicted octanol–water partition coefficient (Wildman–Crippen LogP) is 3.23. The minimum absolute atomic E-state index is 0.0742. The molecule has 3 unspecified atom stereocenters. The molecule has 1 aromatic rings. The maximum atomic E-state index is 6.46. The quantitative estimate of drug-likeness (QED) is 0.855. The Kier molecular flexibility index (Phi) is 2.92. The first-order chi connectivity index (χ1) is 9.56. The van der Waals surface area contributed by atoms with Crippen molar-refractivity contribution in [3.63, 3.8) is 0 Å². The Hall–Kier alpha value is -0.580. The van der Waals surface area contributed by atoms with Crippen molar-refractivity contribution in [1.29, 1.82) is 0 Å². The predicted molar refractivity (Wildman–Crippen MR) is 82.9 cm³/mol. The molecule has 4 heteroatoms. The van der Waals surface area contributed by atoms with E-state index in [1.54, 1.807) is 0 Å². The Morgan fingerprint density at radius 2 is 2.15 bits per heavy atom. The highest BCUT2D eigenvalue weighted by Gasteiger charge is 2.51. The molecule has 2 N–H and O–H groups in total. The summed E-state index contributed by atoms with van der Waals surface area (Å²) in [6.45, 7) is 3.37. The van der Waals surface area contributed by atoms with E-state index in [-0.39, 0.29) is 11.6 Å². The third-order valence-corrected chi connectivity index (χ3v) is 5.51. The van der Waals surface area contributed by atoms with Gasteiger partial charge in [-0.05, 0) is 31.9 Å². The minimum Gasteiger partial charge on any atom is -0.485 e. The summed E-state index contributed by atoms with van der Waals surface area (Å²) in [5.41, 5.74) is 7.49. The van der Waals surface area contributed by atoms with Gasteiger partial charge in [0, 0.05) is 47.5 Å². The van der Waals surface area contributed by atoms with Crippen LogP contribution in [0.2, 0.25) is 0 Å². The first-order valence-electron chi connectivity index (χ1n) is 7.56. The van der Waals surface area contributed by atoms with Gasteiger partial charge in [0.15, 0.2) is 0 Å². The molecule has 3 nitrogen and oxygen atoms in total. The summed E-state index contributed by atoms with van der Waals surface area (Å²) in [6, 6.07) is 7.72. The summed E-state index contributed by atoms with van der Waals surface area (Å²) in [5, 5.41) is 0. The first kappa shape index (κ1) is 13.1. The van der Waals surface area contributed by atoms with Crippen molar-refractivity contribution in [1.82, 2.24) is 4.90 Å². The maximum absolute atomic E-state index is 6.46. The fourth-order valence-corrected chi connectivity index (χ4v) is 4.35. The summed E-state index contributed by atoms with van der Waals surface area (Å²) in [7, 11) is 0. The van der Waals surface area contributed by atoms with Gasteiger partial charge in [0.25, 0.3) is 0 Å². The summed E-state index contributed by atoms with van der Waals surface area (Å²) >= 11 is 3.53. The van der Waals surface area contributed by atoms with E-state index in [4.69, 9.17) is 10.5 Å². The first-order valence-corrected chi connectivity index (χ1v) is 8.35. The third-order valence-electron chi connectivity index (χ3n) is 5.01. The van der Waals surface area contributed by atoms with E-state index in [0.717, 1.165) is 41.2 Å². The van der Waals surface area contributed by atoms with E-state index in [1.165, 1.54) is 12.8 Å². The lowest BCUT2D eigenvalue weighted by atomic mass is 9.86. The van der Waals surface area contributed by atoms with Gasteiger partial charge in [-0.1, -0.05) is 22.0 Å². The molecule has 2 heterocycles. The highest BCUT2D eigenvalue weighted by Crippen LogP contribution is 2.47. The lowest BCUT2D eigenvalue weighted by Gasteiger charge is -2.39. The van der Waals surface area contributed by atoms with Crippen molar-refractivity contribution in [2.45, 2.75) is 56.3 Å². The fraction of sp³-hybridized carbons (Fsp3) is 0.625. The number of halogens is 1. The monoisotopic (exact) mass is 336 g/mol. The molecule has 0 amide bonds. The molecule has 1 aliphatic carbocycles. The Balaban J connectivity index is 1.65. The van der Waals surface area contributed by atoms with Gasteiger partial charge in [0.05, 0.1) is 0 Å². The Morgan fingerprint density at radius 1 is 1.35 bits per heavy atom. The van der Waals surface area contributed by atoms with E-state index in [0.29, 0.717) is 6.04 Å². The topological polar surface area (TPSA) is 38.5 Å². The lowest BCUT2D eigenvalue weighted by Crippen LogP contribution is -2.45. The highest BCUT2D eigenvalue weighted by molar-refractivity contribution is 9.10. The van der Waals surface area contributed by atoms with Gasteiger partial charge in [0.2, 0.25) is 0 Å². The molecule has 2 fully saturated rings. The van der Waals surface area contributed by atoms with E-state index in [1.807, 2.05) is 6.07 Å². The van der Waals surface area contributed by atoms with Crippen LogP contribution in [0.3, 0.4) is 0 Å². The zero-order chi connectivity index (χ0) is 13.9. The summed E-state index contributed by atoms with van der Waals surface area (Å²) < 4.78 is 7.52. The van der Waals surface area contributed by atoms with Crippen LogP contribution in [0.25, 0.3) is 0 Å². The molecular weight excluding hydrogens is 316 g/mol. The Bertz CT molecular complexity index is 545. The molecule has 1 spiro atoms. The fourth-order valence-electron chi connectivity index (χ4n) is 4.01. The van der Waals surface area contributed by atoms with Crippen LogP contribution in [0.1, 0.15) is 44.2 Å². The molecule has 3 aliphatic rings. The van der Waals surface area contributed by atoms with Gasteiger partial charge in [-0.25, -0.2) is 0 Å². The Labute approximate surface area is 128 Å². The SMILES string of the molecule is CC1CC2(CC(N)c3ccc(Br)cc3O2)CN1C1CC1. The normalized spacial score (nSPS) is 37.0. The second-order valence-electron chi connectivity index (χ2n) is 6.73. The van der Waals surface area contributed by atoms with E-state index >= 15 is 0 Å². The van der Waals surface area contributed by atoms with Crippen molar-refractivity contribution >= 4 is 15.9 Å². The van der Waals surface area contributed by atoms with Crippen LogP contribution in [0.5, 0.6) is 5.75 Å². The maximum Gasteiger partial charge on any atom is 0.126 e. The zero-order valence-electron chi connectivity index (χ0n) is 11.8. The molecule has 1 saturated heterocycles. The molecule has 108 valence electrons. The van der Waals surface area contributed by atoms with Crippen molar-refractivity contribution in [2.75, 3.05) is 6.54 Å². The molecule has 0 radical (unpaired) electrons. The molecule has 1 aromatic carbocycles. The van der Waals surface area contributed by atoms with Crippen LogP contribution in [0.4, 0.5) is 0 Å². The van der Waals surface area contributed by atoms with Crippen molar-refractivity contribution in [3.8, 4) is 5.75 Å². The van der Waals surface area contributed by atoms with Crippen LogP contribution < -0.4 is 10.5 Å². The number of fused-ring (bicyclic) bond motifs is 1. The molecule has 1 saturated carbocycles. The molecule has 3 atom stereocenters. The number of nitrogens with two attached hydrogens (primary N) is 1. The lowest BCUT2D eigenvalue weighted by molar-refractivity contribution is 0.0432. The van der Waals surface area contributed by atoms with Gasteiger partial charge in [-0.15, -0.1) is 0 Å². The number of hydrogen-bond donors (Lipinski definition) is 1. The molecule has 0 aromatic heterocycles. The number of likely N-dealkylation sites (tertiary alicyclic amines) is 1. The van der Waals surface area contributed by atoms with Gasteiger partial charge in [-0.3, -0.25) is 4.90 Å². The number of hydrogen-bond acceptors (Lipinski definition) is 3. The van der Waals surface area contributed by atoms with Crippen molar-refractivity contribution < 1.29 is 4.74 Å². The molecule has 4 rings (SSSR count). The van der Waals surface area contributed by atoms with Gasteiger partial charge in [-0.2, -0.15) is 0 Å². The molecular formula is C16H21BrN2O. The number of rotatable bonds is 1. The largest absolute Gasteiger partial charge is 0.485 e. The Morgan fingerprint density at radius 3 is 2.90 bits per heavy atom. The van der Waals surface area contributed by atoms with E-state index in [9.17, 15) is 0 Å². The van der Waals surface area contributed by atoms with Gasteiger partial charge < -0.3 is 10.5 Å². The minimum atomic E-state index is -0.0742. The van der Waals surface area contributed by atoms with Crippen molar-refractivity contribution in [3.05, 3.63) is 28.2 Å². The van der Waals surface area contributed by atoms with Crippen LogP contribution in [0, 0.1) is 0 Å². The van der Waals surface area contributed by atoms with Crippen LogP contribution >= 0.6 is 15.9 Å².